The summed E-state index contributed by atoms with van der Waals surface area (Å²) in [6.07, 6.45) is 3.27. The summed E-state index contributed by atoms with van der Waals surface area (Å²) in [5.74, 6) is 2.91. The lowest BCUT2D eigenvalue weighted by Crippen LogP contribution is -2.25. The van der Waals surface area contributed by atoms with Crippen molar-refractivity contribution in [1.82, 2.24) is 9.97 Å². The second-order valence-corrected chi connectivity index (χ2v) is 7.15. The Morgan fingerprint density at radius 3 is 2.42 bits per heavy atom. The van der Waals surface area contributed by atoms with E-state index in [-0.39, 0.29) is 5.41 Å². The van der Waals surface area contributed by atoms with Gasteiger partial charge in [0.05, 0.1) is 0 Å². The highest BCUT2D eigenvalue weighted by Gasteiger charge is 2.21. The maximum atomic E-state index is 6.25. The van der Waals surface area contributed by atoms with Gasteiger partial charge in [-0.1, -0.05) is 32.4 Å². The van der Waals surface area contributed by atoms with E-state index in [4.69, 9.17) is 16.6 Å². The molecule has 0 saturated carbocycles. The Labute approximate surface area is 126 Å². The zero-order valence-electron chi connectivity index (χ0n) is 12.7. The summed E-state index contributed by atoms with van der Waals surface area (Å²) in [7, 11) is 2.07. The van der Waals surface area contributed by atoms with Crippen LogP contribution >= 0.6 is 23.4 Å². The molecule has 0 radical (unpaired) electrons. The third-order valence-electron chi connectivity index (χ3n) is 2.94. The third kappa shape index (κ3) is 4.53. The van der Waals surface area contributed by atoms with Crippen molar-refractivity contribution in [3.8, 4) is 0 Å². The molecule has 0 N–H and O–H groups in total. The predicted molar refractivity (Wildman–Crippen MR) is 86.7 cm³/mol. The van der Waals surface area contributed by atoms with Gasteiger partial charge in [-0.2, -0.15) is 11.8 Å². The first-order valence-corrected chi connectivity index (χ1v) is 8.29. The SMILES string of the molecule is CSCCCN(C)c1nc(C(C)(C)C)nc(Cl)c1C. The van der Waals surface area contributed by atoms with Crippen molar-refractivity contribution in [3.05, 3.63) is 16.5 Å². The summed E-state index contributed by atoms with van der Waals surface area (Å²) >= 11 is 8.12. The number of aromatic nitrogens is 2. The molecule has 19 heavy (non-hydrogen) atoms. The monoisotopic (exact) mass is 301 g/mol. The van der Waals surface area contributed by atoms with Crippen molar-refractivity contribution in [1.29, 1.82) is 0 Å². The van der Waals surface area contributed by atoms with Crippen molar-refractivity contribution in [2.75, 3.05) is 30.5 Å². The van der Waals surface area contributed by atoms with Gasteiger partial charge in [0, 0.05) is 24.6 Å². The van der Waals surface area contributed by atoms with E-state index in [1.807, 2.05) is 18.7 Å². The van der Waals surface area contributed by atoms with Crippen LogP contribution in [0.15, 0.2) is 0 Å². The zero-order chi connectivity index (χ0) is 14.6. The summed E-state index contributed by atoms with van der Waals surface area (Å²) < 4.78 is 0. The summed E-state index contributed by atoms with van der Waals surface area (Å²) in [4.78, 5) is 11.3. The molecule has 1 aromatic rings. The van der Waals surface area contributed by atoms with Gasteiger partial charge < -0.3 is 4.90 Å². The molecule has 0 amide bonds. The van der Waals surface area contributed by atoms with E-state index in [9.17, 15) is 0 Å². The van der Waals surface area contributed by atoms with Gasteiger partial charge in [0.15, 0.2) is 0 Å². The van der Waals surface area contributed by atoms with Crippen LogP contribution < -0.4 is 4.90 Å². The van der Waals surface area contributed by atoms with E-state index < -0.39 is 0 Å². The van der Waals surface area contributed by atoms with Crippen LogP contribution in [0.1, 0.15) is 38.6 Å². The smallest absolute Gasteiger partial charge is 0.137 e. The molecule has 108 valence electrons. The number of halogens is 1. The quantitative estimate of drug-likeness (QED) is 0.609. The second kappa shape index (κ2) is 6.80. The van der Waals surface area contributed by atoms with E-state index in [1.165, 1.54) is 0 Å². The Balaban J connectivity index is 3.02. The number of nitrogens with zero attached hydrogens (tertiary/aromatic N) is 3. The highest BCUT2D eigenvalue weighted by Crippen LogP contribution is 2.27. The maximum absolute atomic E-state index is 6.25. The lowest BCUT2D eigenvalue weighted by molar-refractivity contribution is 0.543. The fourth-order valence-corrected chi connectivity index (χ4v) is 2.32. The van der Waals surface area contributed by atoms with E-state index in [2.05, 4.69) is 44.0 Å². The van der Waals surface area contributed by atoms with Crippen molar-refractivity contribution in [3.63, 3.8) is 0 Å². The molecule has 1 rings (SSSR count). The summed E-state index contributed by atoms with van der Waals surface area (Å²) in [6.45, 7) is 9.27. The molecule has 0 atom stereocenters. The van der Waals surface area contributed by atoms with Gasteiger partial charge in [0.25, 0.3) is 0 Å². The average Bonchev–Trinajstić information content (AvgIpc) is 2.31. The van der Waals surface area contributed by atoms with Crippen LogP contribution in [0.4, 0.5) is 5.82 Å². The molecule has 0 aliphatic heterocycles. The molecular weight excluding hydrogens is 278 g/mol. The van der Waals surface area contributed by atoms with Gasteiger partial charge in [-0.3, -0.25) is 0 Å². The molecular formula is C14H24ClN3S. The van der Waals surface area contributed by atoms with Gasteiger partial charge in [-0.25, -0.2) is 9.97 Å². The first-order valence-electron chi connectivity index (χ1n) is 6.52. The molecule has 0 spiro atoms. The molecule has 1 heterocycles. The normalized spacial score (nSPS) is 11.7. The largest absolute Gasteiger partial charge is 0.359 e. The number of thioether (sulfide) groups is 1. The van der Waals surface area contributed by atoms with Gasteiger partial charge in [0.2, 0.25) is 0 Å². The second-order valence-electron chi connectivity index (χ2n) is 5.80. The molecule has 0 aliphatic carbocycles. The highest BCUT2D eigenvalue weighted by atomic mass is 35.5. The molecule has 0 unspecified atom stereocenters. The Bertz CT molecular complexity index is 429. The van der Waals surface area contributed by atoms with E-state index >= 15 is 0 Å². The van der Waals surface area contributed by atoms with Crippen LogP contribution in [0, 0.1) is 6.92 Å². The fourth-order valence-electron chi connectivity index (χ4n) is 1.74. The Kier molecular flexibility index (Phi) is 5.93. The highest BCUT2D eigenvalue weighted by molar-refractivity contribution is 7.98. The number of hydrogen-bond acceptors (Lipinski definition) is 4. The average molecular weight is 302 g/mol. The van der Waals surface area contributed by atoms with Gasteiger partial charge in [-0.05, 0) is 25.4 Å². The Morgan fingerprint density at radius 1 is 1.26 bits per heavy atom. The minimum atomic E-state index is -0.0911. The molecule has 0 saturated heterocycles. The molecule has 0 aliphatic rings. The minimum absolute atomic E-state index is 0.0911. The summed E-state index contributed by atoms with van der Waals surface area (Å²) in [5, 5.41) is 0.562. The molecule has 5 heteroatoms. The standard InChI is InChI=1S/C14H24ClN3S/c1-10-11(15)16-13(14(2,3)4)17-12(10)18(5)8-7-9-19-6/h7-9H2,1-6H3. The van der Waals surface area contributed by atoms with Crippen molar-refractivity contribution >= 4 is 29.2 Å². The van der Waals surface area contributed by atoms with Crippen molar-refractivity contribution in [2.45, 2.75) is 39.5 Å². The van der Waals surface area contributed by atoms with E-state index in [0.29, 0.717) is 5.15 Å². The molecule has 0 aromatic carbocycles. The first kappa shape index (κ1) is 16.6. The van der Waals surface area contributed by atoms with Gasteiger partial charge in [0.1, 0.15) is 16.8 Å². The van der Waals surface area contributed by atoms with Crippen molar-refractivity contribution < 1.29 is 0 Å². The molecule has 0 bridgehead atoms. The zero-order valence-corrected chi connectivity index (χ0v) is 14.3. The fraction of sp³-hybridized carbons (Fsp3) is 0.714. The Morgan fingerprint density at radius 2 is 1.89 bits per heavy atom. The van der Waals surface area contributed by atoms with E-state index in [1.54, 1.807) is 0 Å². The summed E-state index contributed by atoms with van der Waals surface area (Å²) in [6, 6.07) is 0. The van der Waals surface area contributed by atoms with Gasteiger partial charge in [-0.15, -0.1) is 0 Å². The molecule has 1 aromatic heterocycles. The minimum Gasteiger partial charge on any atom is -0.359 e. The van der Waals surface area contributed by atoms with Crippen molar-refractivity contribution in [2.24, 2.45) is 0 Å². The molecule has 0 fully saturated rings. The lowest BCUT2D eigenvalue weighted by atomic mass is 9.95. The number of anilines is 1. The Hall–Kier alpha value is -0.480. The molecule has 3 nitrogen and oxygen atoms in total. The predicted octanol–water partition coefficient (Wildman–Crippen LogP) is 3.93. The van der Waals surface area contributed by atoms with E-state index in [0.717, 1.165) is 35.9 Å². The van der Waals surface area contributed by atoms with Crippen LogP contribution in [0.3, 0.4) is 0 Å². The maximum Gasteiger partial charge on any atom is 0.137 e. The number of rotatable bonds is 5. The van der Waals surface area contributed by atoms with Crippen LogP contribution in [-0.2, 0) is 5.41 Å². The van der Waals surface area contributed by atoms with Crippen LogP contribution in [0.5, 0.6) is 0 Å². The third-order valence-corrected chi connectivity index (χ3v) is 4.00. The number of hydrogen-bond donors (Lipinski definition) is 0. The summed E-state index contributed by atoms with van der Waals surface area (Å²) in [5.41, 5.74) is 0.868. The van der Waals surface area contributed by atoms with Crippen LogP contribution in [0.2, 0.25) is 5.15 Å². The topological polar surface area (TPSA) is 29.0 Å². The van der Waals surface area contributed by atoms with Gasteiger partial charge >= 0.3 is 0 Å². The lowest BCUT2D eigenvalue weighted by Gasteiger charge is -2.24. The first-order chi connectivity index (χ1) is 8.77. The van der Waals surface area contributed by atoms with Crippen LogP contribution in [-0.4, -0.2) is 35.6 Å². The van der Waals surface area contributed by atoms with Crippen LogP contribution in [0.25, 0.3) is 0 Å².